The predicted octanol–water partition coefficient (Wildman–Crippen LogP) is 3.01. The van der Waals surface area contributed by atoms with Crippen LogP contribution in [-0.4, -0.2) is 26.1 Å². The highest BCUT2D eigenvalue weighted by atomic mass is 15.2. The molecule has 23 heavy (non-hydrogen) atoms. The maximum absolute atomic E-state index is 5.27. The van der Waals surface area contributed by atoms with E-state index in [1.807, 2.05) is 0 Å². The zero-order valence-corrected chi connectivity index (χ0v) is 13.5. The third-order valence-electron chi connectivity index (χ3n) is 3.71. The predicted molar refractivity (Wildman–Crippen MR) is 97.5 cm³/mol. The van der Waals surface area contributed by atoms with Gasteiger partial charge < -0.3 is 10.6 Å². The molecule has 2 aromatic rings. The van der Waals surface area contributed by atoms with Crippen LogP contribution in [0.3, 0.4) is 0 Å². The molecule has 0 aliphatic carbocycles. The van der Waals surface area contributed by atoms with Crippen LogP contribution in [0.25, 0.3) is 0 Å². The first-order valence-electron chi connectivity index (χ1n) is 7.83. The normalized spacial score (nSPS) is 11.1. The number of hydrogen-bond donors (Lipinski definition) is 2. The van der Waals surface area contributed by atoms with E-state index in [9.17, 15) is 0 Å². The summed E-state index contributed by atoms with van der Waals surface area (Å²) in [4.78, 5) is 4.17. The van der Waals surface area contributed by atoms with Gasteiger partial charge in [0, 0.05) is 19.5 Å². The van der Waals surface area contributed by atoms with Crippen molar-refractivity contribution >= 4 is 5.96 Å². The minimum Gasteiger partial charge on any atom is -0.356 e. The lowest BCUT2D eigenvalue weighted by molar-refractivity contribution is 0.683. The molecule has 2 aromatic carbocycles. The minimum atomic E-state index is 0.357. The SMILES string of the molecule is C#CCNC(=NC)NCCC(c1ccccc1)c1ccccc1. The van der Waals surface area contributed by atoms with E-state index in [1.54, 1.807) is 7.05 Å². The maximum atomic E-state index is 5.27. The van der Waals surface area contributed by atoms with Gasteiger partial charge in [-0.05, 0) is 17.5 Å². The van der Waals surface area contributed by atoms with Crippen LogP contribution in [0.5, 0.6) is 0 Å². The van der Waals surface area contributed by atoms with E-state index in [0.717, 1.165) is 18.9 Å². The molecule has 0 radical (unpaired) electrons. The molecule has 0 aromatic heterocycles. The molecule has 0 unspecified atom stereocenters. The van der Waals surface area contributed by atoms with E-state index >= 15 is 0 Å². The fourth-order valence-electron chi connectivity index (χ4n) is 2.59. The van der Waals surface area contributed by atoms with E-state index in [4.69, 9.17) is 6.42 Å². The van der Waals surface area contributed by atoms with Crippen LogP contribution in [0, 0.1) is 12.3 Å². The zero-order valence-electron chi connectivity index (χ0n) is 13.5. The summed E-state index contributed by atoms with van der Waals surface area (Å²) in [5.41, 5.74) is 2.65. The van der Waals surface area contributed by atoms with Gasteiger partial charge >= 0.3 is 0 Å². The van der Waals surface area contributed by atoms with Gasteiger partial charge in [0.1, 0.15) is 0 Å². The lowest BCUT2D eigenvalue weighted by Gasteiger charge is -2.19. The molecule has 0 aliphatic heterocycles. The van der Waals surface area contributed by atoms with Crippen molar-refractivity contribution in [2.75, 3.05) is 20.1 Å². The first kappa shape index (κ1) is 16.6. The number of hydrogen-bond acceptors (Lipinski definition) is 1. The second-order valence-electron chi connectivity index (χ2n) is 5.22. The van der Waals surface area contributed by atoms with Crippen molar-refractivity contribution in [1.82, 2.24) is 10.6 Å². The molecule has 118 valence electrons. The van der Waals surface area contributed by atoms with Gasteiger partial charge in [-0.15, -0.1) is 6.42 Å². The second-order valence-corrected chi connectivity index (χ2v) is 5.22. The van der Waals surface area contributed by atoms with Gasteiger partial charge in [-0.1, -0.05) is 66.6 Å². The average molecular weight is 305 g/mol. The number of terminal acetylenes is 1. The van der Waals surface area contributed by atoms with Crippen LogP contribution >= 0.6 is 0 Å². The standard InChI is InChI=1S/C20H23N3/c1-3-15-22-20(21-2)23-16-14-19(17-10-6-4-7-11-17)18-12-8-5-9-13-18/h1,4-13,19H,14-16H2,2H3,(H2,21,22,23). The molecule has 0 saturated heterocycles. The fourth-order valence-corrected chi connectivity index (χ4v) is 2.59. The van der Waals surface area contributed by atoms with Crippen molar-refractivity contribution in [3.8, 4) is 12.3 Å². The molecule has 3 nitrogen and oxygen atoms in total. The topological polar surface area (TPSA) is 36.4 Å². The van der Waals surface area contributed by atoms with E-state index in [2.05, 4.69) is 82.2 Å². The largest absolute Gasteiger partial charge is 0.356 e. The fraction of sp³-hybridized carbons (Fsp3) is 0.250. The average Bonchev–Trinajstić information content (AvgIpc) is 2.63. The molecule has 0 amide bonds. The van der Waals surface area contributed by atoms with Crippen molar-refractivity contribution in [3.63, 3.8) is 0 Å². The number of nitrogens with one attached hydrogen (secondary N) is 2. The second kappa shape index (κ2) is 9.32. The number of aliphatic imine (C=N–C) groups is 1. The summed E-state index contributed by atoms with van der Waals surface area (Å²) in [6, 6.07) is 21.2. The Morgan fingerprint density at radius 2 is 1.57 bits per heavy atom. The van der Waals surface area contributed by atoms with Crippen molar-refractivity contribution in [3.05, 3.63) is 71.8 Å². The van der Waals surface area contributed by atoms with Crippen molar-refractivity contribution in [1.29, 1.82) is 0 Å². The summed E-state index contributed by atoms with van der Waals surface area (Å²) < 4.78 is 0. The smallest absolute Gasteiger partial charge is 0.191 e. The van der Waals surface area contributed by atoms with Crippen LogP contribution in [0.4, 0.5) is 0 Å². The van der Waals surface area contributed by atoms with Crippen LogP contribution in [0.1, 0.15) is 23.5 Å². The molecule has 2 rings (SSSR count). The molecule has 0 heterocycles. The summed E-state index contributed by atoms with van der Waals surface area (Å²) in [6.07, 6.45) is 6.24. The van der Waals surface area contributed by atoms with Gasteiger partial charge in [0.05, 0.1) is 6.54 Å². The number of rotatable bonds is 6. The molecule has 2 N–H and O–H groups in total. The highest BCUT2D eigenvalue weighted by molar-refractivity contribution is 5.79. The molecular formula is C20H23N3. The Hall–Kier alpha value is -2.73. The van der Waals surface area contributed by atoms with Gasteiger partial charge in [-0.25, -0.2) is 0 Å². The molecule has 0 bridgehead atoms. The third kappa shape index (κ3) is 5.19. The van der Waals surface area contributed by atoms with Crippen molar-refractivity contribution in [2.24, 2.45) is 4.99 Å². The molecule has 0 atom stereocenters. The highest BCUT2D eigenvalue weighted by Gasteiger charge is 2.13. The summed E-state index contributed by atoms with van der Waals surface area (Å²) >= 11 is 0. The van der Waals surface area contributed by atoms with Crippen molar-refractivity contribution in [2.45, 2.75) is 12.3 Å². The summed E-state index contributed by atoms with van der Waals surface area (Å²) in [5.74, 6) is 3.65. The summed E-state index contributed by atoms with van der Waals surface area (Å²) in [6.45, 7) is 1.29. The van der Waals surface area contributed by atoms with Crippen LogP contribution < -0.4 is 10.6 Å². The quantitative estimate of drug-likeness (QED) is 0.489. The number of guanidine groups is 1. The first-order valence-corrected chi connectivity index (χ1v) is 7.83. The van der Waals surface area contributed by atoms with Crippen LogP contribution in [-0.2, 0) is 0 Å². The molecule has 0 aliphatic rings. The van der Waals surface area contributed by atoms with Gasteiger partial charge in [-0.3, -0.25) is 4.99 Å². The van der Waals surface area contributed by atoms with Gasteiger partial charge in [0.25, 0.3) is 0 Å². The molecule has 3 heteroatoms. The number of nitrogens with zero attached hydrogens (tertiary/aromatic N) is 1. The molecule has 0 saturated carbocycles. The third-order valence-corrected chi connectivity index (χ3v) is 3.71. The Bertz CT molecular complexity index is 602. The van der Waals surface area contributed by atoms with Gasteiger partial charge in [-0.2, -0.15) is 0 Å². The Labute approximate surface area is 138 Å². The molecular weight excluding hydrogens is 282 g/mol. The minimum absolute atomic E-state index is 0.357. The number of benzene rings is 2. The highest BCUT2D eigenvalue weighted by Crippen LogP contribution is 2.27. The Morgan fingerprint density at radius 3 is 2.04 bits per heavy atom. The Kier molecular flexibility index (Phi) is 6.74. The molecule has 0 fully saturated rings. The lowest BCUT2D eigenvalue weighted by Crippen LogP contribution is -2.38. The van der Waals surface area contributed by atoms with E-state index < -0.39 is 0 Å². The van der Waals surface area contributed by atoms with Crippen LogP contribution in [0.2, 0.25) is 0 Å². The maximum Gasteiger partial charge on any atom is 0.191 e. The van der Waals surface area contributed by atoms with Crippen LogP contribution in [0.15, 0.2) is 65.7 Å². The lowest BCUT2D eigenvalue weighted by atomic mass is 9.88. The Balaban J connectivity index is 2.04. The summed E-state index contributed by atoms with van der Waals surface area (Å²) in [7, 11) is 1.75. The monoisotopic (exact) mass is 305 g/mol. The van der Waals surface area contributed by atoms with E-state index in [-0.39, 0.29) is 0 Å². The van der Waals surface area contributed by atoms with E-state index in [0.29, 0.717) is 12.5 Å². The Morgan fingerprint density at radius 1 is 1.00 bits per heavy atom. The van der Waals surface area contributed by atoms with E-state index in [1.165, 1.54) is 11.1 Å². The van der Waals surface area contributed by atoms with Gasteiger partial charge in [0.2, 0.25) is 0 Å². The molecule has 0 spiro atoms. The first-order chi connectivity index (χ1) is 11.3. The summed E-state index contributed by atoms with van der Waals surface area (Å²) in [5, 5.41) is 6.39. The van der Waals surface area contributed by atoms with Gasteiger partial charge in [0.15, 0.2) is 5.96 Å². The zero-order chi connectivity index (χ0) is 16.3. The van der Waals surface area contributed by atoms with Crippen molar-refractivity contribution < 1.29 is 0 Å².